The fraction of sp³-hybridized carbons (Fsp3) is 0. The summed E-state index contributed by atoms with van der Waals surface area (Å²) in [5.74, 6) is 0. The Morgan fingerprint density at radius 1 is 0.436 bits per heavy atom. The molecule has 0 saturated heterocycles. The summed E-state index contributed by atoms with van der Waals surface area (Å²) >= 11 is 1.84. The molecule has 0 N–H and O–H groups in total. The minimum absolute atomic E-state index is 1.04. The van der Waals surface area contributed by atoms with Gasteiger partial charge >= 0.3 is 0 Å². The Morgan fingerprint density at radius 2 is 1.08 bits per heavy atom. The van der Waals surface area contributed by atoms with Gasteiger partial charge in [-0.1, -0.05) is 97.1 Å². The summed E-state index contributed by atoms with van der Waals surface area (Å²) in [7, 11) is 0. The van der Waals surface area contributed by atoms with Crippen LogP contribution in [0.5, 0.6) is 0 Å². The molecule has 180 valence electrons. The van der Waals surface area contributed by atoms with E-state index in [2.05, 4.69) is 127 Å². The number of aromatic nitrogens is 1. The molecule has 0 spiro atoms. The Labute approximate surface area is 228 Å². The van der Waals surface area contributed by atoms with E-state index in [9.17, 15) is 0 Å². The van der Waals surface area contributed by atoms with Gasteiger partial charge in [0.25, 0.3) is 0 Å². The van der Waals surface area contributed by atoms with E-state index in [-0.39, 0.29) is 0 Å². The summed E-state index contributed by atoms with van der Waals surface area (Å²) < 4.78 is 2.55. The standard InChI is InChI=1S/C37H21NS/c1-3-13-31-29(11-1)35-30-12-2-4-14-32(30)39-37(35)36(38-31)27-10-6-9-24(19-27)28-20-25-17-15-22-7-5-8-23-16-18-26(21-28)34(25)33(22)23/h1-21H. The highest BCUT2D eigenvalue weighted by Crippen LogP contribution is 2.43. The van der Waals surface area contributed by atoms with Gasteiger partial charge in [0.15, 0.2) is 0 Å². The van der Waals surface area contributed by atoms with Crippen molar-refractivity contribution in [1.29, 1.82) is 0 Å². The second-order valence-corrected chi connectivity index (χ2v) is 11.4. The molecule has 0 aliphatic heterocycles. The minimum Gasteiger partial charge on any atom is -0.246 e. The number of nitrogens with zero attached hydrogens (tertiary/aromatic N) is 1. The van der Waals surface area contributed by atoms with Gasteiger partial charge in [0.05, 0.1) is 15.9 Å². The van der Waals surface area contributed by atoms with Crippen molar-refractivity contribution in [3.05, 3.63) is 127 Å². The van der Waals surface area contributed by atoms with Crippen molar-refractivity contribution in [2.75, 3.05) is 0 Å². The number of hydrogen-bond donors (Lipinski definition) is 0. The Kier molecular flexibility index (Phi) is 4.27. The lowest BCUT2D eigenvalue weighted by molar-refractivity contribution is 1.44. The van der Waals surface area contributed by atoms with Crippen molar-refractivity contribution < 1.29 is 0 Å². The van der Waals surface area contributed by atoms with E-state index in [0.717, 1.165) is 16.8 Å². The fourth-order valence-corrected chi connectivity index (χ4v) is 7.62. The molecule has 0 bridgehead atoms. The van der Waals surface area contributed by atoms with Crippen LogP contribution in [0, 0.1) is 0 Å². The van der Waals surface area contributed by atoms with Crippen LogP contribution in [0.4, 0.5) is 0 Å². The molecule has 2 heteroatoms. The smallest absolute Gasteiger partial charge is 0.0888 e. The molecule has 0 atom stereocenters. The van der Waals surface area contributed by atoms with Gasteiger partial charge in [-0.2, -0.15) is 0 Å². The van der Waals surface area contributed by atoms with Crippen LogP contribution in [0.2, 0.25) is 0 Å². The molecule has 1 nitrogen and oxygen atoms in total. The van der Waals surface area contributed by atoms with Crippen LogP contribution < -0.4 is 0 Å². The quantitative estimate of drug-likeness (QED) is 0.210. The van der Waals surface area contributed by atoms with E-state index >= 15 is 0 Å². The van der Waals surface area contributed by atoms with Crippen molar-refractivity contribution in [2.24, 2.45) is 0 Å². The molecule has 9 aromatic rings. The average Bonchev–Trinajstić information content (AvgIpc) is 3.39. The zero-order valence-corrected chi connectivity index (χ0v) is 21.8. The summed E-state index contributed by atoms with van der Waals surface area (Å²) in [5.41, 5.74) is 5.69. The average molecular weight is 512 g/mol. The number of rotatable bonds is 2. The SMILES string of the molecule is c1cc(-c2cc3ccc4cccc5ccc(c2)c3c45)cc(-c2nc3ccccc3c3c2sc2ccccc23)c1. The van der Waals surface area contributed by atoms with Gasteiger partial charge in [0.2, 0.25) is 0 Å². The second kappa shape index (κ2) is 7.86. The topological polar surface area (TPSA) is 12.9 Å². The molecular formula is C37H21NS. The van der Waals surface area contributed by atoms with Crippen LogP contribution in [0.3, 0.4) is 0 Å². The van der Waals surface area contributed by atoms with E-state index in [4.69, 9.17) is 4.98 Å². The molecular weight excluding hydrogens is 490 g/mol. The third-order valence-electron chi connectivity index (χ3n) is 8.15. The highest BCUT2D eigenvalue weighted by molar-refractivity contribution is 7.26. The van der Waals surface area contributed by atoms with E-state index < -0.39 is 0 Å². The number of para-hydroxylation sites is 1. The lowest BCUT2D eigenvalue weighted by Gasteiger charge is -2.13. The maximum atomic E-state index is 5.23. The van der Waals surface area contributed by atoms with Crippen molar-refractivity contribution in [2.45, 2.75) is 0 Å². The van der Waals surface area contributed by atoms with E-state index in [1.165, 1.54) is 69.0 Å². The zero-order valence-electron chi connectivity index (χ0n) is 21.0. The third-order valence-corrected chi connectivity index (χ3v) is 9.33. The molecule has 0 amide bonds. The zero-order chi connectivity index (χ0) is 25.5. The first-order chi connectivity index (χ1) is 19.3. The fourth-order valence-electron chi connectivity index (χ4n) is 6.40. The van der Waals surface area contributed by atoms with Crippen LogP contribution in [0.15, 0.2) is 127 Å². The van der Waals surface area contributed by atoms with Gasteiger partial charge in [-0.3, -0.25) is 0 Å². The Hall–Kier alpha value is -4.79. The normalized spacial score (nSPS) is 12.1. The van der Waals surface area contributed by atoms with Gasteiger partial charge < -0.3 is 0 Å². The molecule has 39 heavy (non-hydrogen) atoms. The summed E-state index contributed by atoms with van der Waals surface area (Å²) in [6.07, 6.45) is 0. The van der Waals surface area contributed by atoms with Crippen molar-refractivity contribution in [1.82, 2.24) is 4.98 Å². The number of hydrogen-bond acceptors (Lipinski definition) is 2. The summed E-state index contributed by atoms with van der Waals surface area (Å²) in [6.45, 7) is 0. The molecule has 2 heterocycles. The summed E-state index contributed by atoms with van der Waals surface area (Å²) in [4.78, 5) is 5.23. The van der Waals surface area contributed by atoms with Crippen molar-refractivity contribution in [3.63, 3.8) is 0 Å². The van der Waals surface area contributed by atoms with E-state index in [1.54, 1.807) is 0 Å². The lowest BCUT2D eigenvalue weighted by Crippen LogP contribution is -1.89. The lowest BCUT2D eigenvalue weighted by atomic mass is 9.91. The molecule has 0 aliphatic rings. The number of thiophene rings is 1. The van der Waals surface area contributed by atoms with Gasteiger partial charge in [-0.25, -0.2) is 4.98 Å². The first-order valence-corrected chi connectivity index (χ1v) is 14.1. The van der Waals surface area contributed by atoms with Crippen molar-refractivity contribution in [3.8, 4) is 22.4 Å². The third kappa shape index (κ3) is 3.04. The van der Waals surface area contributed by atoms with E-state index in [0.29, 0.717) is 0 Å². The Balaban J connectivity index is 1.29. The molecule has 0 unspecified atom stereocenters. The molecule has 2 aromatic heterocycles. The second-order valence-electron chi connectivity index (χ2n) is 10.4. The van der Waals surface area contributed by atoms with Gasteiger partial charge in [0.1, 0.15) is 0 Å². The van der Waals surface area contributed by atoms with Gasteiger partial charge in [-0.05, 0) is 73.8 Å². The molecule has 9 rings (SSSR count). The van der Waals surface area contributed by atoms with Crippen LogP contribution in [0.25, 0.3) is 85.8 Å². The molecule has 0 aliphatic carbocycles. The molecule has 0 fully saturated rings. The van der Waals surface area contributed by atoms with E-state index in [1.807, 2.05) is 11.3 Å². The van der Waals surface area contributed by atoms with Crippen LogP contribution in [-0.2, 0) is 0 Å². The maximum Gasteiger partial charge on any atom is 0.0888 e. The molecule has 0 saturated carbocycles. The predicted octanol–water partition coefficient (Wildman–Crippen LogP) is 10.8. The highest BCUT2D eigenvalue weighted by Gasteiger charge is 2.16. The molecule has 7 aromatic carbocycles. The summed E-state index contributed by atoms with van der Waals surface area (Å²) in [5, 5.41) is 11.7. The highest BCUT2D eigenvalue weighted by atomic mass is 32.1. The van der Waals surface area contributed by atoms with Gasteiger partial charge in [-0.15, -0.1) is 11.3 Å². The number of pyridine rings is 1. The maximum absolute atomic E-state index is 5.23. The number of benzene rings is 7. The van der Waals surface area contributed by atoms with Crippen LogP contribution in [-0.4, -0.2) is 4.98 Å². The van der Waals surface area contributed by atoms with Crippen molar-refractivity contribution >= 4 is 74.7 Å². The summed E-state index contributed by atoms with van der Waals surface area (Å²) in [6, 6.07) is 46.5. The minimum atomic E-state index is 1.04. The first kappa shape index (κ1) is 21.2. The largest absolute Gasteiger partial charge is 0.246 e. The Morgan fingerprint density at radius 3 is 1.90 bits per heavy atom. The first-order valence-electron chi connectivity index (χ1n) is 13.3. The van der Waals surface area contributed by atoms with Crippen LogP contribution in [0.1, 0.15) is 0 Å². The predicted molar refractivity (Wildman–Crippen MR) is 169 cm³/mol. The van der Waals surface area contributed by atoms with Crippen LogP contribution >= 0.6 is 11.3 Å². The molecule has 0 radical (unpaired) electrons. The monoisotopic (exact) mass is 511 g/mol. The van der Waals surface area contributed by atoms with Gasteiger partial charge in [0, 0.05) is 26.4 Å². The Bertz CT molecular complexity index is 2330. The number of fused-ring (bicyclic) bond motifs is 5.